The van der Waals surface area contributed by atoms with E-state index < -0.39 is 5.97 Å². The van der Waals surface area contributed by atoms with Crippen LogP contribution in [0.3, 0.4) is 0 Å². The number of anilines is 1. The summed E-state index contributed by atoms with van der Waals surface area (Å²) in [6.45, 7) is 7.62. The highest BCUT2D eigenvalue weighted by atomic mass is 35.5. The van der Waals surface area contributed by atoms with E-state index in [4.69, 9.17) is 16.3 Å². The van der Waals surface area contributed by atoms with Crippen molar-refractivity contribution < 1.29 is 14.3 Å². The third-order valence-electron chi connectivity index (χ3n) is 4.14. The number of rotatable bonds is 6. The van der Waals surface area contributed by atoms with Gasteiger partial charge in [0, 0.05) is 16.8 Å². The number of nitrogens with one attached hydrogen (secondary N) is 1. The lowest BCUT2D eigenvalue weighted by Gasteiger charge is -2.16. The molecule has 0 aromatic heterocycles. The van der Waals surface area contributed by atoms with Gasteiger partial charge in [-0.15, -0.1) is 0 Å². The monoisotopic (exact) mass is 385 g/mol. The molecule has 0 radical (unpaired) electrons. The van der Waals surface area contributed by atoms with Crippen LogP contribution < -0.4 is 5.32 Å². The van der Waals surface area contributed by atoms with Crippen LogP contribution in [0.4, 0.5) is 5.69 Å². The molecule has 2 aromatic rings. The van der Waals surface area contributed by atoms with E-state index in [0.717, 1.165) is 27.9 Å². The predicted molar refractivity (Wildman–Crippen MR) is 110 cm³/mol. The molecule has 0 aliphatic heterocycles. The molecule has 1 N–H and O–H groups in total. The number of carbonyl (C=O) groups is 2. The largest absolute Gasteiger partial charge is 0.452 e. The zero-order chi connectivity index (χ0) is 20.0. The van der Waals surface area contributed by atoms with E-state index in [1.165, 1.54) is 6.08 Å². The van der Waals surface area contributed by atoms with E-state index in [-0.39, 0.29) is 18.4 Å². The minimum Gasteiger partial charge on any atom is -0.452 e. The highest BCUT2D eigenvalue weighted by Gasteiger charge is 2.13. The van der Waals surface area contributed by atoms with Gasteiger partial charge in [-0.05, 0) is 54.2 Å². The van der Waals surface area contributed by atoms with Gasteiger partial charge < -0.3 is 10.1 Å². The second-order valence-electron chi connectivity index (χ2n) is 6.69. The summed E-state index contributed by atoms with van der Waals surface area (Å²) in [6.07, 6.45) is 2.88. The van der Waals surface area contributed by atoms with Gasteiger partial charge in [-0.1, -0.05) is 55.8 Å². The Kier molecular flexibility index (Phi) is 7.19. The molecule has 0 saturated heterocycles. The van der Waals surface area contributed by atoms with Gasteiger partial charge in [0.15, 0.2) is 6.61 Å². The molecule has 142 valence electrons. The van der Waals surface area contributed by atoms with Crippen molar-refractivity contribution in [2.24, 2.45) is 0 Å². The van der Waals surface area contributed by atoms with Crippen molar-refractivity contribution in [2.75, 3.05) is 11.9 Å². The topological polar surface area (TPSA) is 55.4 Å². The lowest BCUT2D eigenvalue weighted by molar-refractivity contribution is -0.142. The summed E-state index contributed by atoms with van der Waals surface area (Å²) < 4.78 is 5.02. The number of halogens is 1. The minimum absolute atomic E-state index is 0.270. The van der Waals surface area contributed by atoms with E-state index in [1.807, 2.05) is 44.2 Å². The second-order valence-corrected chi connectivity index (χ2v) is 7.10. The number of aryl methyl sites for hydroxylation is 2. The number of esters is 1. The zero-order valence-electron chi connectivity index (χ0n) is 16.0. The molecule has 0 unspecified atom stereocenters. The molecule has 0 aliphatic rings. The van der Waals surface area contributed by atoms with Gasteiger partial charge >= 0.3 is 5.97 Å². The maximum absolute atomic E-state index is 12.2. The first-order chi connectivity index (χ1) is 12.8. The van der Waals surface area contributed by atoms with Crippen LogP contribution in [0.25, 0.3) is 6.08 Å². The van der Waals surface area contributed by atoms with Crippen molar-refractivity contribution in [3.05, 3.63) is 69.8 Å². The van der Waals surface area contributed by atoms with Gasteiger partial charge in [-0.25, -0.2) is 4.79 Å². The molecule has 0 saturated carbocycles. The van der Waals surface area contributed by atoms with Gasteiger partial charge in [0.05, 0.1) is 0 Å². The first-order valence-electron chi connectivity index (χ1n) is 8.78. The number of para-hydroxylation sites is 1. The normalized spacial score (nSPS) is 11.0. The average molecular weight is 386 g/mol. The number of amides is 1. The first-order valence-corrected chi connectivity index (χ1v) is 9.16. The summed E-state index contributed by atoms with van der Waals surface area (Å²) in [5, 5.41) is 3.47. The smallest absolute Gasteiger partial charge is 0.331 e. The summed E-state index contributed by atoms with van der Waals surface area (Å²) in [6, 6.07) is 11.4. The van der Waals surface area contributed by atoms with E-state index in [2.05, 4.69) is 19.2 Å². The molecule has 0 bridgehead atoms. The standard InChI is InChI=1S/C22H24ClNO3/c1-14(2)18-7-5-6-16(4)22(18)24-20(25)13-27-21(26)11-10-17-9-8-15(3)19(23)12-17/h5-12,14H,13H2,1-4H3,(H,24,25)/b11-10+. The third kappa shape index (κ3) is 5.97. The maximum Gasteiger partial charge on any atom is 0.331 e. The van der Waals surface area contributed by atoms with Gasteiger partial charge in [0.2, 0.25) is 0 Å². The van der Waals surface area contributed by atoms with Gasteiger partial charge in [-0.3, -0.25) is 4.79 Å². The van der Waals surface area contributed by atoms with Crippen LogP contribution in [0.5, 0.6) is 0 Å². The Hall–Kier alpha value is -2.59. The molecule has 0 fully saturated rings. The Bertz CT molecular complexity index is 872. The Morgan fingerprint density at radius 3 is 2.56 bits per heavy atom. The van der Waals surface area contributed by atoms with Crippen molar-refractivity contribution in [3.8, 4) is 0 Å². The summed E-state index contributed by atoms with van der Waals surface area (Å²) in [7, 11) is 0. The number of carbonyl (C=O) groups excluding carboxylic acids is 2. The molecular formula is C22H24ClNO3. The Morgan fingerprint density at radius 1 is 1.15 bits per heavy atom. The maximum atomic E-state index is 12.2. The molecule has 2 aromatic carbocycles. The van der Waals surface area contributed by atoms with Gasteiger partial charge in [0.1, 0.15) is 0 Å². The molecule has 4 nitrogen and oxygen atoms in total. The van der Waals surface area contributed by atoms with Crippen molar-refractivity contribution in [3.63, 3.8) is 0 Å². The highest BCUT2D eigenvalue weighted by molar-refractivity contribution is 6.31. The van der Waals surface area contributed by atoms with Crippen LogP contribution in [0.1, 0.15) is 42.0 Å². The van der Waals surface area contributed by atoms with Crippen LogP contribution in [0, 0.1) is 13.8 Å². The first kappa shape index (κ1) is 20.7. The molecule has 0 heterocycles. The van der Waals surface area contributed by atoms with Crippen LogP contribution in [-0.2, 0) is 14.3 Å². The Labute approximate surface area is 165 Å². The molecule has 0 aliphatic carbocycles. The average Bonchev–Trinajstić information content (AvgIpc) is 2.62. The Morgan fingerprint density at radius 2 is 1.89 bits per heavy atom. The molecule has 2 rings (SSSR count). The van der Waals surface area contributed by atoms with Crippen molar-refractivity contribution in [2.45, 2.75) is 33.6 Å². The van der Waals surface area contributed by atoms with Gasteiger partial charge in [-0.2, -0.15) is 0 Å². The predicted octanol–water partition coefficient (Wildman–Crippen LogP) is 5.28. The number of hydrogen-bond donors (Lipinski definition) is 1. The van der Waals surface area contributed by atoms with Crippen LogP contribution >= 0.6 is 11.6 Å². The van der Waals surface area contributed by atoms with E-state index in [0.29, 0.717) is 5.02 Å². The van der Waals surface area contributed by atoms with Crippen LogP contribution in [0.2, 0.25) is 5.02 Å². The summed E-state index contributed by atoms with van der Waals surface area (Å²) in [5.41, 5.74) is 4.54. The fourth-order valence-electron chi connectivity index (χ4n) is 2.58. The molecule has 0 spiro atoms. The quantitative estimate of drug-likeness (QED) is 0.544. The SMILES string of the molecule is Cc1ccc(/C=C/C(=O)OCC(=O)Nc2c(C)cccc2C(C)C)cc1Cl. The molecule has 1 amide bonds. The number of benzene rings is 2. The second kappa shape index (κ2) is 9.38. The van der Waals surface area contributed by atoms with E-state index in [9.17, 15) is 9.59 Å². The van der Waals surface area contributed by atoms with Crippen molar-refractivity contribution in [1.29, 1.82) is 0 Å². The van der Waals surface area contributed by atoms with Crippen LogP contribution in [0.15, 0.2) is 42.5 Å². The number of hydrogen-bond acceptors (Lipinski definition) is 3. The fraction of sp³-hybridized carbons (Fsp3) is 0.273. The lowest BCUT2D eigenvalue weighted by Crippen LogP contribution is -2.21. The minimum atomic E-state index is -0.587. The third-order valence-corrected chi connectivity index (χ3v) is 4.55. The highest BCUT2D eigenvalue weighted by Crippen LogP contribution is 2.27. The molecule has 5 heteroatoms. The zero-order valence-corrected chi connectivity index (χ0v) is 16.8. The summed E-state index contributed by atoms with van der Waals surface area (Å²) in [5.74, 6) is -0.686. The lowest BCUT2D eigenvalue weighted by atomic mass is 9.98. The molecule has 27 heavy (non-hydrogen) atoms. The fourth-order valence-corrected chi connectivity index (χ4v) is 2.77. The summed E-state index contributed by atoms with van der Waals surface area (Å²) in [4.78, 5) is 24.0. The molecule has 0 atom stereocenters. The Balaban J connectivity index is 1.93. The van der Waals surface area contributed by atoms with E-state index in [1.54, 1.807) is 12.1 Å². The molecular weight excluding hydrogens is 362 g/mol. The van der Waals surface area contributed by atoms with Gasteiger partial charge in [0.25, 0.3) is 5.91 Å². The summed E-state index contributed by atoms with van der Waals surface area (Å²) >= 11 is 6.05. The van der Waals surface area contributed by atoms with Crippen molar-refractivity contribution >= 4 is 35.2 Å². The van der Waals surface area contributed by atoms with Crippen LogP contribution in [-0.4, -0.2) is 18.5 Å². The van der Waals surface area contributed by atoms with Crippen molar-refractivity contribution in [1.82, 2.24) is 0 Å². The van der Waals surface area contributed by atoms with E-state index >= 15 is 0 Å². The number of ether oxygens (including phenoxy) is 1.